The average molecular weight is 197 g/mol. The van der Waals surface area contributed by atoms with E-state index in [1.807, 2.05) is 0 Å². The summed E-state index contributed by atoms with van der Waals surface area (Å²) in [6.07, 6.45) is 10.9. The Morgan fingerprint density at radius 3 is 2.21 bits per heavy atom. The van der Waals surface area contributed by atoms with Crippen LogP contribution in [0.4, 0.5) is 0 Å². The maximum atomic E-state index is 10.6. The second kappa shape index (κ2) is 4.63. The van der Waals surface area contributed by atoms with Crippen molar-refractivity contribution in [3.8, 4) is 0 Å². The lowest BCUT2D eigenvalue weighted by Gasteiger charge is -2.38. The van der Waals surface area contributed by atoms with E-state index < -0.39 is 0 Å². The molecule has 2 rings (SSSR count). The first-order chi connectivity index (χ1) is 6.81. The van der Waals surface area contributed by atoms with Crippen molar-refractivity contribution >= 4 is 0 Å². The fourth-order valence-electron chi connectivity index (χ4n) is 3.00. The minimum Gasteiger partial charge on any atom is -0.388 e. The summed E-state index contributed by atoms with van der Waals surface area (Å²) in [7, 11) is 0. The van der Waals surface area contributed by atoms with E-state index >= 15 is 0 Å². The molecule has 0 radical (unpaired) electrons. The van der Waals surface area contributed by atoms with E-state index in [1.165, 1.54) is 44.9 Å². The van der Waals surface area contributed by atoms with Crippen LogP contribution in [0.25, 0.3) is 0 Å². The standard InChI is InChI=1S/C12H23NO/c14-12(8-4-1-2-5-9-12)11-7-3-6-10-13-11/h11,13-14H,1-10H2. The van der Waals surface area contributed by atoms with Gasteiger partial charge in [-0.2, -0.15) is 0 Å². The van der Waals surface area contributed by atoms with E-state index in [2.05, 4.69) is 5.32 Å². The fraction of sp³-hybridized carbons (Fsp3) is 1.00. The Bertz CT molecular complexity index is 167. The minimum atomic E-state index is -0.378. The normalized spacial score (nSPS) is 33.6. The first-order valence-electron chi connectivity index (χ1n) is 6.27. The minimum absolute atomic E-state index is 0.378. The summed E-state index contributed by atoms with van der Waals surface area (Å²) in [5, 5.41) is 14.1. The lowest BCUT2D eigenvalue weighted by Crippen LogP contribution is -2.52. The molecular weight excluding hydrogens is 174 g/mol. The molecule has 1 saturated heterocycles. The second-order valence-electron chi connectivity index (χ2n) is 5.02. The zero-order chi connectivity index (χ0) is 9.86. The number of hydrogen-bond donors (Lipinski definition) is 2. The molecule has 0 aromatic rings. The van der Waals surface area contributed by atoms with Crippen molar-refractivity contribution in [2.75, 3.05) is 6.54 Å². The van der Waals surface area contributed by atoms with E-state index in [9.17, 15) is 5.11 Å². The van der Waals surface area contributed by atoms with Gasteiger partial charge in [0.15, 0.2) is 0 Å². The summed E-state index contributed by atoms with van der Waals surface area (Å²) in [6.45, 7) is 1.10. The van der Waals surface area contributed by atoms with Crippen LogP contribution in [0.3, 0.4) is 0 Å². The van der Waals surface area contributed by atoms with Crippen LogP contribution in [0.15, 0.2) is 0 Å². The molecule has 1 saturated carbocycles. The Balaban J connectivity index is 1.96. The first kappa shape index (κ1) is 10.4. The van der Waals surface area contributed by atoms with Crippen LogP contribution in [-0.2, 0) is 0 Å². The van der Waals surface area contributed by atoms with Gasteiger partial charge in [0.1, 0.15) is 0 Å². The van der Waals surface area contributed by atoms with Crippen molar-refractivity contribution in [1.29, 1.82) is 0 Å². The maximum absolute atomic E-state index is 10.6. The number of hydrogen-bond acceptors (Lipinski definition) is 2. The Morgan fingerprint density at radius 1 is 0.929 bits per heavy atom. The van der Waals surface area contributed by atoms with E-state index in [0.29, 0.717) is 6.04 Å². The predicted octanol–water partition coefficient (Wildman–Crippen LogP) is 2.21. The molecule has 2 nitrogen and oxygen atoms in total. The van der Waals surface area contributed by atoms with Crippen molar-refractivity contribution in [1.82, 2.24) is 5.32 Å². The van der Waals surface area contributed by atoms with Gasteiger partial charge in [-0.3, -0.25) is 0 Å². The third kappa shape index (κ3) is 2.29. The summed E-state index contributed by atoms with van der Waals surface area (Å²) < 4.78 is 0. The lowest BCUT2D eigenvalue weighted by molar-refractivity contribution is -0.0203. The largest absolute Gasteiger partial charge is 0.388 e. The number of rotatable bonds is 1. The van der Waals surface area contributed by atoms with E-state index in [-0.39, 0.29) is 5.60 Å². The topological polar surface area (TPSA) is 32.3 Å². The average Bonchev–Trinajstić information content (AvgIpc) is 2.46. The molecule has 1 heterocycles. The Labute approximate surface area is 87.1 Å². The SMILES string of the molecule is OC1(C2CCCCN2)CCCCCC1. The van der Waals surface area contributed by atoms with Crippen molar-refractivity contribution in [2.24, 2.45) is 0 Å². The molecule has 0 aromatic heterocycles. The predicted molar refractivity (Wildman–Crippen MR) is 58.3 cm³/mol. The molecule has 82 valence electrons. The third-order valence-electron chi connectivity index (χ3n) is 3.93. The lowest BCUT2D eigenvalue weighted by atomic mass is 9.82. The molecule has 1 unspecified atom stereocenters. The van der Waals surface area contributed by atoms with Crippen LogP contribution in [-0.4, -0.2) is 23.3 Å². The van der Waals surface area contributed by atoms with Crippen molar-refractivity contribution in [3.05, 3.63) is 0 Å². The van der Waals surface area contributed by atoms with E-state index in [4.69, 9.17) is 0 Å². The van der Waals surface area contributed by atoms with Crippen LogP contribution >= 0.6 is 0 Å². The van der Waals surface area contributed by atoms with Gasteiger partial charge in [0.05, 0.1) is 5.60 Å². The summed E-state index contributed by atoms with van der Waals surface area (Å²) in [6, 6.07) is 0.384. The molecule has 0 bridgehead atoms. The summed E-state index contributed by atoms with van der Waals surface area (Å²) in [5.41, 5.74) is -0.378. The van der Waals surface area contributed by atoms with Gasteiger partial charge in [0.2, 0.25) is 0 Å². The van der Waals surface area contributed by atoms with Crippen molar-refractivity contribution < 1.29 is 5.11 Å². The van der Waals surface area contributed by atoms with Gasteiger partial charge < -0.3 is 10.4 Å². The molecule has 2 heteroatoms. The smallest absolute Gasteiger partial charge is 0.0800 e. The Kier molecular flexibility index (Phi) is 3.45. The Morgan fingerprint density at radius 2 is 1.64 bits per heavy atom. The molecule has 2 fully saturated rings. The molecule has 1 aliphatic carbocycles. The maximum Gasteiger partial charge on any atom is 0.0800 e. The quantitative estimate of drug-likeness (QED) is 0.632. The van der Waals surface area contributed by atoms with Gasteiger partial charge in [0.25, 0.3) is 0 Å². The summed E-state index contributed by atoms with van der Waals surface area (Å²) in [5.74, 6) is 0. The second-order valence-corrected chi connectivity index (χ2v) is 5.02. The van der Waals surface area contributed by atoms with Gasteiger partial charge in [-0.15, -0.1) is 0 Å². The zero-order valence-electron chi connectivity index (χ0n) is 9.10. The third-order valence-corrected chi connectivity index (χ3v) is 3.93. The molecule has 0 spiro atoms. The Hall–Kier alpha value is -0.0800. The molecule has 14 heavy (non-hydrogen) atoms. The first-order valence-corrected chi connectivity index (χ1v) is 6.27. The molecule has 1 atom stereocenters. The highest BCUT2D eigenvalue weighted by atomic mass is 16.3. The zero-order valence-corrected chi connectivity index (χ0v) is 9.10. The van der Waals surface area contributed by atoms with Crippen molar-refractivity contribution in [3.63, 3.8) is 0 Å². The molecular formula is C12H23NO. The number of piperidine rings is 1. The highest BCUT2D eigenvalue weighted by molar-refractivity contribution is 4.94. The van der Waals surface area contributed by atoms with Gasteiger partial charge in [-0.05, 0) is 32.2 Å². The van der Waals surface area contributed by atoms with Gasteiger partial charge in [0, 0.05) is 6.04 Å². The van der Waals surface area contributed by atoms with E-state index in [1.54, 1.807) is 0 Å². The van der Waals surface area contributed by atoms with Crippen LogP contribution in [0.2, 0.25) is 0 Å². The van der Waals surface area contributed by atoms with Gasteiger partial charge in [-0.1, -0.05) is 32.1 Å². The number of aliphatic hydroxyl groups is 1. The van der Waals surface area contributed by atoms with Crippen LogP contribution in [0.5, 0.6) is 0 Å². The monoisotopic (exact) mass is 197 g/mol. The fourth-order valence-corrected chi connectivity index (χ4v) is 3.00. The van der Waals surface area contributed by atoms with Gasteiger partial charge >= 0.3 is 0 Å². The van der Waals surface area contributed by atoms with Gasteiger partial charge in [-0.25, -0.2) is 0 Å². The van der Waals surface area contributed by atoms with Crippen LogP contribution in [0, 0.1) is 0 Å². The van der Waals surface area contributed by atoms with Crippen LogP contribution in [0.1, 0.15) is 57.8 Å². The highest BCUT2D eigenvalue weighted by Crippen LogP contribution is 2.32. The molecule has 2 aliphatic rings. The summed E-state index contributed by atoms with van der Waals surface area (Å²) >= 11 is 0. The molecule has 1 aliphatic heterocycles. The molecule has 2 N–H and O–H groups in total. The number of nitrogens with one attached hydrogen (secondary N) is 1. The van der Waals surface area contributed by atoms with Crippen molar-refractivity contribution in [2.45, 2.75) is 69.4 Å². The highest BCUT2D eigenvalue weighted by Gasteiger charge is 2.36. The van der Waals surface area contributed by atoms with E-state index in [0.717, 1.165) is 19.4 Å². The van der Waals surface area contributed by atoms with Crippen LogP contribution < -0.4 is 5.32 Å². The molecule has 0 amide bonds. The summed E-state index contributed by atoms with van der Waals surface area (Å²) in [4.78, 5) is 0. The molecule has 0 aromatic carbocycles.